The molecule has 2 aromatic carbocycles. The van der Waals surface area contributed by atoms with Crippen molar-refractivity contribution in [3.05, 3.63) is 70.8 Å². The van der Waals surface area contributed by atoms with Gasteiger partial charge in [-0.15, -0.1) is 0 Å². The van der Waals surface area contributed by atoms with Gasteiger partial charge in [0.15, 0.2) is 0 Å². The van der Waals surface area contributed by atoms with Crippen molar-refractivity contribution in [1.82, 2.24) is 10.2 Å². The molecule has 0 aliphatic rings. The maximum absolute atomic E-state index is 13.6. The average molecular weight is 512 g/mol. The number of nitrogens with one attached hydrogen (secondary N) is 2. The molecule has 0 aliphatic heterocycles. The molecule has 2 unspecified atom stereocenters. The van der Waals surface area contributed by atoms with E-state index in [1.807, 2.05) is 0 Å². The molecule has 0 bridgehead atoms. The molecule has 0 aromatic heterocycles. The first-order valence-electron chi connectivity index (χ1n) is 11.1. The standard InChI is InChI=1S/C27H30ClN3O5/c1-7-18-12-10-13-19(15-18)23(24(33)30-22-17(3)11-9-14-20(22)28)31(8-2)25(34)21(16-32)29-26(35)36-27(4,5)6/h2,7,9-15,21,23,32H,1,16H2,3-6H3,(H,29,35)(H,30,33). The van der Waals surface area contributed by atoms with Gasteiger partial charge in [-0.1, -0.05) is 61.0 Å². The Hall–Kier alpha value is -3.80. The lowest BCUT2D eigenvalue weighted by molar-refractivity contribution is -0.137. The summed E-state index contributed by atoms with van der Waals surface area (Å²) in [5, 5.41) is 15.2. The van der Waals surface area contributed by atoms with Crippen molar-refractivity contribution < 1.29 is 24.2 Å². The number of ether oxygens (including phenoxy) is 1. The molecule has 0 heterocycles. The van der Waals surface area contributed by atoms with E-state index >= 15 is 0 Å². The Kier molecular flexibility index (Phi) is 9.68. The topological polar surface area (TPSA) is 108 Å². The van der Waals surface area contributed by atoms with Gasteiger partial charge in [0.05, 0.1) is 17.3 Å². The summed E-state index contributed by atoms with van der Waals surface area (Å²) in [7, 11) is 0. The van der Waals surface area contributed by atoms with E-state index in [0.717, 1.165) is 4.90 Å². The van der Waals surface area contributed by atoms with Gasteiger partial charge in [0.1, 0.15) is 17.7 Å². The van der Waals surface area contributed by atoms with Gasteiger partial charge in [-0.05, 0) is 56.5 Å². The Morgan fingerprint density at radius 1 is 1.25 bits per heavy atom. The normalized spacial score (nSPS) is 12.5. The molecule has 2 atom stereocenters. The minimum atomic E-state index is -1.46. The van der Waals surface area contributed by atoms with Gasteiger partial charge in [-0.3, -0.25) is 14.5 Å². The number of hydrogen-bond acceptors (Lipinski definition) is 5. The number of aliphatic hydroxyl groups is 1. The van der Waals surface area contributed by atoms with Crippen LogP contribution in [0.4, 0.5) is 10.5 Å². The van der Waals surface area contributed by atoms with Crippen LogP contribution < -0.4 is 10.6 Å². The molecular weight excluding hydrogens is 482 g/mol. The van der Waals surface area contributed by atoms with Gasteiger partial charge >= 0.3 is 6.09 Å². The first kappa shape index (κ1) is 28.4. The fourth-order valence-electron chi connectivity index (χ4n) is 3.32. The van der Waals surface area contributed by atoms with Crippen LogP contribution in [-0.2, 0) is 14.3 Å². The second kappa shape index (κ2) is 12.2. The third kappa shape index (κ3) is 7.35. The van der Waals surface area contributed by atoms with Crippen molar-refractivity contribution in [3.63, 3.8) is 0 Å². The number of aryl methyl sites for hydroxylation is 1. The molecule has 0 saturated heterocycles. The van der Waals surface area contributed by atoms with Gasteiger partial charge in [-0.2, -0.15) is 0 Å². The minimum Gasteiger partial charge on any atom is -0.444 e. The highest BCUT2D eigenvalue weighted by molar-refractivity contribution is 6.34. The van der Waals surface area contributed by atoms with Crippen molar-refractivity contribution >= 4 is 41.3 Å². The average Bonchev–Trinajstić information content (AvgIpc) is 2.81. The van der Waals surface area contributed by atoms with Crippen LogP contribution in [0.5, 0.6) is 0 Å². The zero-order valence-corrected chi connectivity index (χ0v) is 21.4. The number of amides is 3. The first-order valence-corrected chi connectivity index (χ1v) is 11.5. The maximum atomic E-state index is 13.6. The van der Waals surface area contributed by atoms with Crippen molar-refractivity contribution in [2.45, 2.75) is 45.4 Å². The summed E-state index contributed by atoms with van der Waals surface area (Å²) in [6, 6.07) is 11.3. The summed E-state index contributed by atoms with van der Waals surface area (Å²) in [5.41, 5.74) is 1.31. The van der Waals surface area contributed by atoms with E-state index < -0.39 is 42.2 Å². The number of hydrogen-bond donors (Lipinski definition) is 3. The van der Waals surface area contributed by atoms with Gasteiger partial charge in [0.2, 0.25) is 0 Å². The Morgan fingerprint density at radius 3 is 2.47 bits per heavy atom. The van der Waals surface area contributed by atoms with Crippen molar-refractivity contribution in [2.24, 2.45) is 0 Å². The Morgan fingerprint density at radius 2 is 1.92 bits per heavy atom. The molecule has 0 fully saturated rings. The molecule has 2 rings (SSSR count). The first-order chi connectivity index (χ1) is 16.9. The highest BCUT2D eigenvalue weighted by Crippen LogP contribution is 2.29. The molecule has 2 aromatic rings. The van der Waals surface area contributed by atoms with Crippen LogP contribution in [-0.4, -0.2) is 46.2 Å². The lowest BCUT2D eigenvalue weighted by Gasteiger charge is -2.30. The summed E-state index contributed by atoms with van der Waals surface area (Å²) in [6.45, 7) is 9.69. The summed E-state index contributed by atoms with van der Waals surface area (Å²) in [4.78, 5) is 40.0. The summed E-state index contributed by atoms with van der Waals surface area (Å²) < 4.78 is 5.17. The quantitative estimate of drug-likeness (QED) is 0.362. The van der Waals surface area contributed by atoms with Crippen molar-refractivity contribution in [1.29, 1.82) is 0 Å². The van der Waals surface area contributed by atoms with E-state index in [0.29, 0.717) is 27.4 Å². The number of carbonyl (C=O) groups is 3. The van der Waals surface area contributed by atoms with Crippen LogP contribution in [0.15, 0.2) is 49.0 Å². The predicted molar refractivity (Wildman–Crippen MR) is 140 cm³/mol. The van der Waals surface area contributed by atoms with Crippen LogP contribution in [0, 0.1) is 19.4 Å². The Balaban J connectivity index is 2.49. The Labute approximate surface area is 216 Å². The van der Waals surface area contributed by atoms with Crippen molar-refractivity contribution in [2.75, 3.05) is 11.9 Å². The Bertz CT molecular complexity index is 1160. The van der Waals surface area contributed by atoms with Crippen molar-refractivity contribution in [3.8, 4) is 12.5 Å². The van der Waals surface area contributed by atoms with Gasteiger partial charge in [-0.25, -0.2) is 4.79 Å². The second-order valence-electron chi connectivity index (χ2n) is 8.92. The lowest BCUT2D eigenvalue weighted by atomic mass is 10.0. The van der Waals surface area contributed by atoms with E-state index in [-0.39, 0.29) is 0 Å². The summed E-state index contributed by atoms with van der Waals surface area (Å²) in [6.07, 6.45) is 6.36. The molecule has 36 heavy (non-hydrogen) atoms. The van der Waals surface area contributed by atoms with E-state index in [9.17, 15) is 19.5 Å². The molecule has 3 N–H and O–H groups in total. The molecule has 3 amide bonds. The highest BCUT2D eigenvalue weighted by atomic mass is 35.5. The molecule has 9 heteroatoms. The van der Waals surface area contributed by atoms with Gasteiger partial charge in [0.25, 0.3) is 11.8 Å². The van der Waals surface area contributed by atoms with E-state index in [4.69, 9.17) is 22.8 Å². The van der Waals surface area contributed by atoms with Crippen LogP contribution >= 0.6 is 11.6 Å². The number of halogens is 1. The number of benzene rings is 2. The number of carbonyl (C=O) groups excluding carboxylic acids is 3. The number of aliphatic hydroxyl groups excluding tert-OH is 1. The molecule has 8 nitrogen and oxygen atoms in total. The monoisotopic (exact) mass is 511 g/mol. The largest absolute Gasteiger partial charge is 0.444 e. The zero-order chi connectivity index (χ0) is 27.0. The molecule has 0 saturated carbocycles. The summed E-state index contributed by atoms with van der Waals surface area (Å²) >= 11 is 6.29. The molecular formula is C27H30ClN3O5. The van der Waals surface area contributed by atoms with Crippen LogP contribution in [0.25, 0.3) is 6.08 Å². The zero-order valence-electron chi connectivity index (χ0n) is 20.7. The van der Waals surface area contributed by atoms with Crippen LogP contribution in [0.3, 0.4) is 0 Å². The fourth-order valence-corrected chi connectivity index (χ4v) is 3.59. The smallest absolute Gasteiger partial charge is 0.408 e. The SMILES string of the molecule is C#CN(C(=O)C(CO)NC(=O)OC(C)(C)C)C(C(=O)Nc1c(C)cccc1Cl)c1cccc(C=C)c1. The van der Waals surface area contributed by atoms with Crippen LogP contribution in [0.2, 0.25) is 5.02 Å². The van der Waals surface area contributed by atoms with Gasteiger partial charge in [0, 0.05) is 6.04 Å². The molecule has 0 aliphatic carbocycles. The molecule has 190 valence electrons. The number of rotatable bonds is 8. The predicted octanol–water partition coefficient (Wildman–Crippen LogP) is 4.28. The number of anilines is 1. The fraction of sp³-hybridized carbons (Fsp3) is 0.296. The summed E-state index contributed by atoms with van der Waals surface area (Å²) in [5.74, 6) is -1.53. The van der Waals surface area contributed by atoms with E-state index in [1.54, 1.807) is 76.2 Å². The van der Waals surface area contributed by atoms with Gasteiger partial charge < -0.3 is 20.5 Å². The number of alkyl carbamates (subject to hydrolysis) is 1. The van der Waals surface area contributed by atoms with E-state index in [2.05, 4.69) is 23.3 Å². The van der Waals surface area contributed by atoms with E-state index in [1.165, 1.54) is 0 Å². The minimum absolute atomic E-state index is 0.306. The highest BCUT2D eigenvalue weighted by Gasteiger charge is 2.36. The molecule has 0 radical (unpaired) electrons. The maximum Gasteiger partial charge on any atom is 0.408 e. The molecule has 0 spiro atoms. The number of para-hydroxylation sites is 1. The third-order valence-corrected chi connectivity index (χ3v) is 5.30. The lowest BCUT2D eigenvalue weighted by Crippen LogP contribution is -2.52. The number of nitrogens with zero attached hydrogens (tertiary/aromatic N) is 1. The third-order valence-electron chi connectivity index (χ3n) is 4.99. The number of terminal acetylenes is 1. The second-order valence-corrected chi connectivity index (χ2v) is 9.32. The van der Waals surface area contributed by atoms with Crippen LogP contribution in [0.1, 0.15) is 43.5 Å².